The van der Waals surface area contributed by atoms with Crippen molar-refractivity contribution < 1.29 is 4.52 Å². The third-order valence-electron chi connectivity index (χ3n) is 6.84. The third kappa shape index (κ3) is 6.62. The Labute approximate surface area is 204 Å². The van der Waals surface area contributed by atoms with Crippen molar-refractivity contribution >= 4 is 27.6 Å². The second-order valence-electron chi connectivity index (χ2n) is 9.53. The van der Waals surface area contributed by atoms with Crippen molar-refractivity contribution in [3.8, 4) is 22.8 Å². The molecule has 0 aliphatic heterocycles. The van der Waals surface area contributed by atoms with Crippen LogP contribution in [0.25, 0.3) is 22.8 Å². The van der Waals surface area contributed by atoms with E-state index in [0.29, 0.717) is 11.7 Å². The van der Waals surface area contributed by atoms with E-state index in [1.165, 1.54) is 51.8 Å². The average molecular weight is 554 g/mol. The van der Waals surface area contributed by atoms with Crippen LogP contribution in [0.15, 0.2) is 53.1 Å². The average Bonchev–Trinajstić information content (AvgIpc) is 3.34. The maximum absolute atomic E-state index is 5.60. The van der Waals surface area contributed by atoms with Crippen LogP contribution in [-0.4, -0.2) is 42.6 Å². The third-order valence-corrected chi connectivity index (χ3v) is 22.5. The quantitative estimate of drug-likeness (QED) is 0.205. The summed E-state index contributed by atoms with van der Waals surface area (Å²) < 4.78 is 11.7. The number of unbranched alkanes of at least 4 members (excludes halogenated alkanes) is 3. The van der Waals surface area contributed by atoms with Gasteiger partial charge in [-0.15, -0.1) is 0 Å². The molecule has 0 unspecified atom stereocenters. The molecule has 0 aliphatic rings. The van der Waals surface area contributed by atoms with Crippen LogP contribution in [-0.2, 0) is 0 Å². The molecule has 3 rings (SSSR count). The van der Waals surface area contributed by atoms with Crippen LogP contribution in [0.3, 0.4) is 0 Å². The fraction of sp³-hybridized carbons (Fsp3) is 0.500. The Hall–Kier alpha value is -1.82. The molecular weight excluding hydrogens is 513 g/mol. The molecule has 5 heteroatoms. The molecule has 0 spiro atoms. The molecule has 33 heavy (non-hydrogen) atoms. The predicted molar refractivity (Wildman–Crippen MR) is 144 cm³/mol. The van der Waals surface area contributed by atoms with E-state index in [2.05, 4.69) is 67.2 Å². The second kappa shape index (κ2) is 12.6. The van der Waals surface area contributed by atoms with Crippen molar-refractivity contribution in [2.24, 2.45) is 0 Å². The number of nitrogens with zero attached hydrogens (tertiary/aromatic N) is 3. The first kappa shape index (κ1) is 25.8. The number of hydrogen-bond acceptors (Lipinski definition) is 4. The van der Waals surface area contributed by atoms with E-state index >= 15 is 0 Å². The Morgan fingerprint density at radius 2 is 1.24 bits per heavy atom. The van der Waals surface area contributed by atoms with Gasteiger partial charge in [-0.1, -0.05) is 0 Å². The fourth-order valence-corrected chi connectivity index (χ4v) is 20.6. The van der Waals surface area contributed by atoms with Gasteiger partial charge in [0.2, 0.25) is 0 Å². The molecule has 0 atom stereocenters. The number of benzene rings is 2. The number of anilines is 1. The van der Waals surface area contributed by atoms with E-state index in [-0.39, 0.29) is 0 Å². The summed E-state index contributed by atoms with van der Waals surface area (Å²) in [6.07, 6.45) is 8.05. The van der Waals surface area contributed by atoms with E-state index in [0.717, 1.165) is 16.8 Å². The van der Waals surface area contributed by atoms with Crippen LogP contribution in [0.4, 0.5) is 5.69 Å². The van der Waals surface area contributed by atoms with Crippen LogP contribution in [0, 0.1) is 0 Å². The number of hydrogen-bond donors (Lipinski definition) is 0. The van der Waals surface area contributed by atoms with E-state index in [1.54, 1.807) is 3.58 Å². The van der Waals surface area contributed by atoms with Crippen LogP contribution in [0.2, 0.25) is 13.3 Å². The van der Waals surface area contributed by atoms with Crippen molar-refractivity contribution in [1.29, 1.82) is 0 Å². The van der Waals surface area contributed by atoms with Gasteiger partial charge in [0.1, 0.15) is 0 Å². The first-order valence-electron chi connectivity index (χ1n) is 12.8. The molecule has 0 aliphatic carbocycles. The van der Waals surface area contributed by atoms with Crippen LogP contribution < -0.4 is 8.48 Å². The minimum atomic E-state index is -2.40. The molecule has 4 nitrogen and oxygen atoms in total. The molecule has 0 saturated heterocycles. The molecule has 178 valence electrons. The summed E-state index contributed by atoms with van der Waals surface area (Å²) in [6.45, 7) is 7.00. The first-order chi connectivity index (χ1) is 16.0. The SMILES string of the molecule is CCC[CH2][Sn]([CH2]CCC)([CH2]CCC)[c]1ccc(-c2noc(-c3ccc(N(C)C)cc3)n2)cc1. The Bertz CT molecular complexity index is 942. The van der Waals surface area contributed by atoms with Crippen molar-refractivity contribution in [3.05, 3.63) is 48.5 Å². The Morgan fingerprint density at radius 3 is 1.73 bits per heavy atom. The number of rotatable bonds is 13. The maximum atomic E-state index is 5.60. The molecule has 0 N–H and O–H groups in total. The summed E-state index contributed by atoms with van der Waals surface area (Å²) >= 11 is -2.40. The van der Waals surface area contributed by atoms with Crippen molar-refractivity contribution in [2.45, 2.75) is 72.6 Å². The van der Waals surface area contributed by atoms with E-state index < -0.39 is 18.4 Å². The van der Waals surface area contributed by atoms with Gasteiger partial charge in [0, 0.05) is 14.1 Å². The fourth-order valence-electron chi connectivity index (χ4n) is 4.69. The van der Waals surface area contributed by atoms with Crippen LogP contribution in [0.1, 0.15) is 59.3 Å². The summed E-state index contributed by atoms with van der Waals surface area (Å²) in [6, 6.07) is 17.5. The molecular formula is C28H41N3OSn. The van der Waals surface area contributed by atoms with Gasteiger partial charge in [-0.2, -0.15) is 0 Å². The normalized spacial score (nSPS) is 11.7. The molecule has 2 aromatic carbocycles. The van der Waals surface area contributed by atoms with E-state index in [9.17, 15) is 0 Å². The van der Waals surface area contributed by atoms with Crippen molar-refractivity contribution in [1.82, 2.24) is 10.1 Å². The summed E-state index contributed by atoms with van der Waals surface area (Å²) in [5.41, 5.74) is 3.14. The van der Waals surface area contributed by atoms with Crippen LogP contribution >= 0.6 is 0 Å². The first-order valence-corrected chi connectivity index (χ1v) is 20.2. The molecule has 0 fully saturated rings. The molecule has 0 bridgehead atoms. The monoisotopic (exact) mass is 555 g/mol. The topological polar surface area (TPSA) is 42.2 Å². The van der Waals surface area contributed by atoms with Crippen molar-refractivity contribution in [2.75, 3.05) is 19.0 Å². The summed E-state index contributed by atoms with van der Waals surface area (Å²) in [4.78, 5) is 6.77. The minimum absolute atomic E-state index is 0.571. The standard InChI is InChI=1S/C16H14N3O.3C4H9.Sn/c1-19(2)14-10-8-13(9-11-14)16-17-15(18-20-16)12-6-4-3-5-7-12;3*1-3-4-2;/h4-11H,1-2H3;3*1,3-4H2,2H3;. The molecule has 0 saturated carbocycles. The summed E-state index contributed by atoms with van der Waals surface area (Å²) in [7, 11) is 4.07. The van der Waals surface area contributed by atoms with Gasteiger partial charge in [0.25, 0.3) is 0 Å². The zero-order valence-corrected chi connectivity index (χ0v) is 24.1. The van der Waals surface area contributed by atoms with Crippen LogP contribution in [0.5, 0.6) is 0 Å². The van der Waals surface area contributed by atoms with Crippen molar-refractivity contribution in [3.63, 3.8) is 0 Å². The molecule has 1 heterocycles. The second-order valence-corrected chi connectivity index (χ2v) is 22.8. The number of aromatic nitrogens is 2. The van der Waals surface area contributed by atoms with E-state index in [1.807, 2.05) is 26.2 Å². The Morgan fingerprint density at radius 1 is 0.727 bits per heavy atom. The molecule has 0 radical (unpaired) electrons. The predicted octanol–water partition coefficient (Wildman–Crippen LogP) is 7.53. The van der Waals surface area contributed by atoms with Gasteiger partial charge in [-0.05, 0) is 0 Å². The van der Waals surface area contributed by atoms with Gasteiger partial charge in [-0.25, -0.2) is 0 Å². The summed E-state index contributed by atoms with van der Waals surface area (Å²) in [5.74, 6) is 1.24. The van der Waals surface area contributed by atoms with Gasteiger partial charge in [-0.3, -0.25) is 0 Å². The van der Waals surface area contributed by atoms with Gasteiger partial charge >= 0.3 is 191 Å². The zero-order valence-electron chi connectivity index (χ0n) is 21.2. The molecule has 0 amide bonds. The zero-order chi connectivity index (χ0) is 23.7. The van der Waals surface area contributed by atoms with E-state index in [4.69, 9.17) is 9.51 Å². The van der Waals surface area contributed by atoms with Gasteiger partial charge in [0.05, 0.1) is 0 Å². The molecule has 1 aromatic heterocycles. The Kier molecular flexibility index (Phi) is 9.84. The van der Waals surface area contributed by atoms with Gasteiger partial charge < -0.3 is 0 Å². The Balaban J connectivity index is 1.84. The molecule has 3 aromatic rings. The van der Waals surface area contributed by atoms with Gasteiger partial charge in [0.15, 0.2) is 0 Å². The summed E-state index contributed by atoms with van der Waals surface area (Å²) in [5, 5.41) is 4.28.